The van der Waals surface area contributed by atoms with Gasteiger partial charge >= 0.3 is 0 Å². The summed E-state index contributed by atoms with van der Waals surface area (Å²) in [5.41, 5.74) is 6.20. The fraction of sp³-hybridized carbons (Fsp3) is 0.600. The molecule has 1 fully saturated rings. The first kappa shape index (κ1) is 16.2. The number of quaternary nitrogens is 1. The molecule has 7 nitrogen and oxygen atoms in total. The molecule has 1 amide bonds. The van der Waals surface area contributed by atoms with E-state index < -0.39 is 0 Å². The van der Waals surface area contributed by atoms with E-state index >= 15 is 0 Å². The van der Waals surface area contributed by atoms with Crippen molar-refractivity contribution in [2.75, 3.05) is 39.3 Å². The zero-order valence-electron chi connectivity index (χ0n) is 13.7. The molecule has 2 aromatic heterocycles. The SMILES string of the molecule is CC[N+]1(CC(N)=O)CCN(Cc2ncc3sc(C)nc3n2)CC1. The predicted molar refractivity (Wildman–Crippen MR) is 89.8 cm³/mol. The Morgan fingerprint density at radius 1 is 1.39 bits per heavy atom. The molecule has 0 saturated carbocycles. The number of likely N-dealkylation sites (N-methyl/N-ethyl adjacent to an activating group) is 1. The molecule has 0 aromatic carbocycles. The lowest BCUT2D eigenvalue weighted by molar-refractivity contribution is -0.923. The van der Waals surface area contributed by atoms with E-state index in [0.29, 0.717) is 6.54 Å². The molecule has 124 valence electrons. The van der Waals surface area contributed by atoms with Crippen molar-refractivity contribution < 1.29 is 9.28 Å². The minimum Gasteiger partial charge on any atom is -0.365 e. The molecule has 3 heterocycles. The summed E-state index contributed by atoms with van der Waals surface area (Å²) in [6.45, 7) is 9.96. The lowest BCUT2D eigenvalue weighted by Crippen LogP contribution is -2.61. The smallest absolute Gasteiger partial charge is 0.272 e. The number of aryl methyl sites for hydroxylation is 1. The molecule has 0 atom stereocenters. The quantitative estimate of drug-likeness (QED) is 0.806. The van der Waals surface area contributed by atoms with Crippen LogP contribution in [0.15, 0.2) is 6.20 Å². The molecule has 23 heavy (non-hydrogen) atoms. The third kappa shape index (κ3) is 3.65. The number of piperazine rings is 1. The first-order chi connectivity index (χ1) is 11.0. The summed E-state index contributed by atoms with van der Waals surface area (Å²) in [7, 11) is 0. The Bertz CT molecular complexity index is 707. The van der Waals surface area contributed by atoms with Crippen molar-refractivity contribution in [3.63, 3.8) is 0 Å². The Balaban J connectivity index is 1.64. The Kier molecular flexibility index (Phi) is 4.56. The number of hydrogen-bond donors (Lipinski definition) is 1. The number of fused-ring (bicyclic) bond motifs is 1. The third-order valence-corrected chi connectivity index (χ3v) is 5.51. The fourth-order valence-electron chi connectivity index (χ4n) is 3.16. The number of carbonyl (C=O) groups is 1. The van der Waals surface area contributed by atoms with E-state index in [1.165, 1.54) is 0 Å². The first-order valence-corrected chi connectivity index (χ1v) is 8.76. The van der Waals surface area contributed by atoms with Gasteiger partial charge in [0.25, 0.3) is 5.91 Å². The van der Waals surface area contributed by atoms with Gasteiger partial charge in [0.2, 0.25) is 0 Å². The molecule has 0 unspecified atom stereocenters. The van der Waals surface area contributed by atoms with Crippen LogP contribution in [0.4, 0.5) is 0 Å². The van der Waals surface area contributed by atoms with Crippen LogP contribution in [0.3, 0.4) is 0 Å². The standard InChI is InChI=1S/C15H22N6OS/c1-3-21(10-13(16)22)6-4-20(5-7-21)9-14-17-8-12-15(19-14)18-11(2)23-12/h8H,3-7,9-10H2,1-2H3,(H-,16,22)/p+1. The Morgan fingerprint density at radius 2 is 2.13 bits per heavy atom. The lowest BCUT2D eigenvalue weighted by Gasteiger charge is -2.43. The first-order valence-electron chi connectivity index (χ1n) is 7.94. The van der Waals surface area contributed by atoms with E-state index in [1.807, 2.05) is 13.1 Å². The van der Waals surface area contributed by atoms with Crippen molar-refractivity contribution in [3.8, 4) is 0 Å². The molecule has 2 N–H and O–H groups in total. The van der Waals surface area contributed by atoms with E-state index in [-0.39, 0.29) is 5.91 Å². The highest BCUT2D eigenvalue weighted by molar-refractivity contribution is 7.18. The van der Waals surface area contributed by atoms with Crippen LogP contribution in [0.2, 0.25) is 0 Å². The number of hydrogen-bond acceptors (Lipinski definition) is 6. The highest BCUT2D eigenvalue weighted by Gasteiger charge is 2.33. The van der Waals surface area contributed by atoms with Crippen molar-refractivity contribution in [2.24, 2.45) is 5.73 Å². The highest BCUT2D eigenvalue weighted by Crippen LogP contribution is 2.19. The Morgan fingerprint density at radius 3 is 2.78 bits per heavy atom. The lowest BCUT2D eigenvalue weighted by atomic mass is 10.2. The molecular formula is C15H23N6OS+. The molecule has 2 aromatic rings. The fourth-order valence-corrected chi connectivity index (χ4v) is 3.90. The minimum absolute atomic E-state index is 0.215. The number of amides is 1. The molecule has 0 bridgehead atoms. The monoisotopic (exact) mass is 335 g/mol. The van der Waals surface area contributed by atoms with Gasteiger partial charge in [-0.05, 0) is 13.8 Å². The summed E-state index contributed by atoms with van der Waals surface area (Å²) in [4.78, 5) is 27.1. The average molecular weight is 335 g/mol. The van der Waals surface area contributed by atoms with Gasteiger partial charge in [0.15, 0.2) is 12.2 Å². The number of primary amides is 1. The molecule has 1 aliphatic rings. The van der Waals surface area contributed by atoms with E-state index in [4.69, 9.17) is 5.73 Å². The number of thiazole rings is 1. The number of rotatable bonds is 5. The zero-order chi connectivity index (χ0) is 16.4. The second-order valence-electron chi connectivity index (χ2n) is 6.21. The average Bonchev–Trinajstić information content (AvgIpc) is 2.88. The summed E-state index contributed by atoms with van der Waals surface area (Å²) in [6.07, 6.45) is 1.87. The normalized spacial score (nSPS) is 18.3. The molecular weight excluding hydrogens is 312 g/mol. The predicted octanol–water partition coefficient (Wildman–Crippen LogP) is 0.532. The minimum atomic E-state index is -0.215. The van der Waals surface area contributed by atoms with Gasteiger partial charge in [0, 0.05) is 13.1 Å². The van der Waals surface area contributed by atoms with Gasteiger partial charge in [-0.15, -0.1) is 11.3 Å². The topological polar surface area (TPSA) is 85.0 Å². The maximum Gasteiger partial charge on any atom is 0.272 e. The van der Waals surface area contributed by atoms with Crippen molar-refractivity contribution in [3.05, 3.63) is 17.0 Å². The summed E-state index contributed by atoms with van der Waals surface area (Å²) >= 11 is 1.62. The van der Waals surface area contributed by atoms with Crippen LogP contribution in [0, 0.1) is 6.92 Å². The molecule has 3 rings (SSSR count). The maximum atomic E-state index is 11.3. The van der Waals surface area contributed by atoms with E-state index in [2.05, 4.69) is 26.8 Å². The molecule has 0 radical (unpaired) electrons. The summed E-state index contributed by atoms with van der Waals surface area (Å²) in [5.74, 6) is 0.599. The maximum absolute atomic E-state index is 11.3. The second-order valence-corrected chi connectivity index (χ2v) is 7.45. The Labute approximate surface area is 139 Å². The van der Waals surface area contributed by atoms with E-state index in [9.17, 15) is 4.79 Å². The summed E-state index contributed by atoms with van der Waals surface area (Å²) < 4.78 is 1.82. The van der Waals surface area contributed by atoms with Gasteiger partial charge in [-0.25, -0.2) is 15.0 Å². The van der Waals surface area contributed by atoms with Crippen LogP contribution in [0.1, 0.15) is 17.8 Å². The summed E-state index contributed by atoms with van der Waals surface area (Å²) in [6, 6.07) is 0. The van der Waals surface area contributed by atoms with Crippen LogP contribution in [-0.2, 0) is 11.3 Å². The molecule has 1 aliphatic heterocycles. The van der Waals surface area contributed by atoms with E-state index in [0.717, 1.165) is 64.9 Å². The van der Waals surface area contributed by atoms with Crippen LogP contribution in [-0.4, -0.2) is 69.5 Å². The van der Waals surface area contributed by atoms with Crippen LogP contribution in [0.5, 0.6) is 0 Å². The van der Waals surface area contributed by atoms with Gasteiger partial charge in [-0.1, -0.05) is 0 Å². The molecule has 0 spiro atoms. The Hall–Kier alpha value is -1.64. The molecule has 1 saturated heterocycles. The number of carbonyl (C=O) groups excluding carboxylic acids is 1. The van der Waals surface area contributed by atoms with Gasteiger partial charge < -0.3 is 10.2 Å². The van der Waals surface area contributed by atoms with Crippen molar-refractivity contribution in [2.45, 2.75) is 20.4 Å². The second kappa shape index (κ2) is 6.46. The van der Waals surface area contributed by atoms with Gasteiger partial charge in [0.1, 0.15) is 5.82 Å². The van der Waals surface area contributed by atoms with Gasteiger partial charge in [-0.2, -0.15) is 0 Å². The number of nitrogens with two attached hydrogens (primary N) is 1. The van der Waals surface area contributed by atoms with Crippen LogP contribution >= 0.6 is 11.3 Å². The third-order valence-electron chi connectivity index (χ3n) is 4.62. The van der Waals surface area contributed by atoms with Crippen molar-refractivity contribution in [1.29, 1.82) is 0 Å². The van der Waals surface area contributed by atoms with Crippen LogP contribution < -0.4 is 5.73 Å². The van der Waals surface area contributed by atoms with Crippen molar-refractivity contribution in [1.82, 2.24) is 19.9 Å². The molecule has 0 aliphatic carbocycles. The number of aromatic nitrogens is 3. The van der Waals surface area contributed by atoms with E-state index in [1.54, 1.807) is 11.3 Å². The zero-order valence-corrected chi connectivity index (χ0v) is 14.5. The number of nitrogens with zero attached hydrogens (tertiary/aromatic N) is 5. The largest absolute Gasteiger partial charge is 0.365 e. The molecule has 8 heteroatoms. The van der Waals surface area contributed by atoms with Crippen LogP contribution in [0.25, 0.3) is 10.3 Å². The van der Waals surface area contributed by atoms with Gasteiger partial charge in [0.05, 0.1) is 42.1 Å². The highest BCUT2D eigenvalue weighted by atomic mass is 32.1. The van der Waals surface area contributed by atoms with Crippen molar-refractivity contribution >= 4 is 27.6 Å². The van der Waals surface area contributed by atoms with Gasteiger partial charge in [-0.3, -0.25) is 9.69 Å². The summed E-state index contributed by atoms with van der Waals surface area (Å²) in [5, 5.41) is 1.01.